The van der Waals surface area contributed by atoms with E-state index in [0.717, 1.165) is 17.0 Å². The second-order valence-corrected chi connectivity index (χ2v) is 6.37. The van der Waals surface area contributed by atoms with E-state index in [1.165, 1.54) is 6.08 Å². The van der Waals surface area contributed by atoms with E-state index in [1.54, 1.807) is 18.2 Å². The molecule has 0 spiro atoms. The molecule has 0 heterocycles. The fourth-order valence-electron chi connectivity index (χ4n) is 1.98. The molecule has 0 atom stereocenters. The first-order valence-corrected chi connectivity index (χ1v) is 8.53. The molecule has 25 heavy (non-hydrogen) atoms. The summed E-state index contributed by atoms with van der Waals surface area (Å²) >= 11 is 11.0. The lowest BCUT2D eigenvalue weighted by Gasteiger charge is -2.12. The predicted molar refractivity (Wildman–Crippen MR) is 107 cm³/mol. The minimum atomic E-state index is -0.318. The van der Waals surface area contributed by atoms with Gasteiger partial charge in [0.05, 0.1) is 6.10 Å². The molecule has 0 bridgehead atoms. The van der Waals surface area contributed by atoms with Gasteiger partial charge in [-0.2, -0.15) is 0 Å². The number of hydrogen-bond acceptors (Lipinski definition) is 3. The molecule has 4 nitrogen and oxygen atoms in total. The highest BCUT2D eigenvalue weighted by molar-refractivity contribution is 7.80. The van der Waals surface area contributed by atoms with Crippen LogP contribution in [0.3, 0.4) is 0 Å². The first kappa shape index (κ1) is 19.0. The van der Waals surface area contributed by atoms with E-state index in [2.05, 4.69) is 10.6 Å². The lowest BCUT2D eigenvalue weighted by Crippen LogP contribution is -2.32. The molecule has 2 N–H and O–H groups in total. The Morgan fingerprint density at radius 2 is 1.92 bits per heavy atom. The van der Waals surface area contributed by atoms with Crippen molar-refractivity contribution in [1.82, 2.24) is 5.32 Å². The SMILES string of the molecule is CC(C)Oc1cccc(NC(=S)NC(=O)/C=C/c2ccc(Cl)cc2)c1. The normalized spacial score (nSPS) is 10.7. The number of amides is 1. The number of carbonyl (C=O) groups excluding carboxylic acids is 1. The van der Waals surface area contributed by atoms with Crippen LogP contribution in [-0.4, -0.2) is 17.1 Å². The lowest BCUT2D eigenvalue weighted by molar-refractivity contribution is -0.115. The van der Waals surface area contributed by atoms with Gasteiger partial charge in [-0.25, -0.2) is 0 Å². The second kappa shape index (κ2) is 9.20. The molecule has 0 saturated carbocycles. The molecule has 0 aliphatic carbocycles. The summed E-state index contributed by atoms with van der Waals surface area (Å²) in [6.07, 6.45) is 3.18. The molecule has 0 radical (unpaired) electrons. The Hall–Kier alpha value is -2.37. The van der Waals surface area contributed by atoms with Crippen molar-refractivity contribution in [3.63, 3.8) is 0 Å². The maximum atomic E-state index is 11.9. The van der Waals surface area contributed by atoms with E-state index < -0.39 is 0 Å². The van der Waals surface area contributed by atoms with Crippen molar-refractivity contribution in [1.29, 1.82) is 0 Å². The van der Waals surface area contributed by atoms with Crippen LogP contribution in [0.5, 0.6) is 5.75 Å². The number of rotatable bonds is 5. The van der Waals surface area contributed by atoms with Crippen LogP contribution in [-0.2, 0) is 4.79 Å². The van der Waals surface area contributed by atoms with Gasteiger partial charge in [-0.1, -0.05) is 29.8 Å². The van der Waals surface area contributed by atoms with Gasteiger partial charge in [0, 0.05) is 22.9 Å². The molecule has 0 fully saturated rings. The largest absolute Gasteiger partial charge is 0.491 e. The third-order valence-corrected chi connectivity index (χ3v) is 3.45. The molecule has 6 heteroatoms. The predicted octanol–water partition coefficient (Wildman–Crippen LogP) is 4.65. The van der Waals surface area contributed by atoms with Gasteiger partial charge in [0.15, 0.2) is 5.11 Å². The Balaban J connectivity index is 1.89. The minimum Gasteiger partial charge on any atom is -0.491 e. The standard InChI is InChI=1S/C19H19ClN2O2S/c1-13(2)24-17-5-3-4-16(12-17)21-19(25)22-18(23)11-8-14-6-9-15(20)10-7-14/h3-13H,1-2H3,(H2,21,22,23,25)/b11-8+. The quantitative estimate of drug-likeness (QED) is 0.590. The molecular formula is C19H19ClN2O2S. The van der Waals surface area contributed by atoms with E-state index in [0.29, 0.717) is 5.02 Å². The molecule has 2 rings (SSSR count). The van der Waals surface area contributed by atoms with Crippen LogP contribution in [0, 0.1) is 0 Å². The van der Waals surface area contributed by atoms with Crippen LogP contribution in [0.1, 0.15) is 19.4 Å². The van der Waals surface area contributed by atoms with E-state index >= 15 is 0 Å². The number of halogens is 1. The number of hydrogen-bond donors (Lipinski definition) is 2. The topological polar surface area (TPSA) is 50.4 Å². The van der Waals surface area contributed by atoms with Crippen LogP contribution < -0.4 is 15.4 Å². The molecular weight excluding hydrogens is 356 g/mol. The first-order chi connectivity index (χ1) is 11.9. The van der Waals surface area contributed by atoms with Gasteiger partial charge in [0.1, 0.15) is 5.75 Å². The number of thiocarbonyl (C=S) groups is 1. The van der Waals surface area contributed by atoms with Crippen molar-refractivity contribution in [3.05, 3.63) is 65.2 Å². The summed E-state index contributed by atoms with van der Waals surface area (Å²) in [5.41, 5.74) is 1.61. The second-order valence-electron chi connectivity index (χ2n) is 5.52. The zero-order valence-electron chi connectivity index (χ0n) is 14.0. The summed E-state index contributed by atoms with van der Waals surface area (Å²) in [7, 11) is 0. The van der Waals surface area contributed by atoms with Crippen LogP contribution in [0.2, 0.25) is 5.02 Å². The van der Waals surface area contributed by atoms with Crippen molar-refractivity contribution >= 4 is 46.6 Å². The van der Waals surface area contributed by atoms with Crippen molar-refractivity contribution in [2.24, 2.45) is 0 Å². The zero-order valence-corrected chi connectivity index (χ0v) is 15.5. The third-order valence-electron chi connectivity index (χ3n) is 3.00. The summed E-state index contributed by atoms with van der Waals surface area (Å²) in [6.45, 7) is 3.91. The Morgan fingerprint density at radius 3 is 2.60 bits per heavy atom. The average Bonchev–Trinajstić information content (AvgIpc) is 2.54. The summed E-state index contributed by atoms with van der Waals surface area (Å²) in [4.78, 5) is 11.9. The molecule has 0 saturated heterocycles. The fourth-order valence-corrected chi connectivity index (χ4v) is 2.33. The monoisotopic (exact) mass is 374 g/mol. The smallest absolute Gasteiger partial charge is 0.250 e. The van der Waals surface area contributed by atoms with Crippen LogP contribution >= 0.6 is 23.8 Å². The maximum absolute atomic E-state index is 11.9. The Morgan fingerprint density at radius 1 is 1.20 bits per heavy atom. The molecule has 0 aliphatic rings. The number of anilines is 1. The van der Waals surface area contributed by atoms with Crippen LogP contribution in [0.15, 0.2) is 54.6 Å². The van der Waals surface area contributed by atoms with Gasteiger partial charge in [-0.05, 0) is 62.0 Å². The Bertz CT molecular complexity index is 773. The number of nitrogens with one attached hydrogen (secondary N) is 2. The molecule has 2 aromatic carbocycles. The van der Waals surface area contributed by atoms with Crippen molar-refractivity contribution in [2.75, 3.05) is 5.32 Å². The van der Waals surface area contributed by atoms with E-state index in [1.807, 2.05) is 50.2 Å². The first-order valence-electron chi connectivity index (χ1n) is 7.75. The van der Waals surface area contributed by atoms with Crippen LogP contribution in [0.25, 0.3) is 6.08 Å². The van der Waals surface area contributed by atoms with E-state index in [9.17, 15) is 4.79 Å². The van der Waals surface area contributed by atoms with Gasteiger partial charge in [0.25, 0.3) is 0 Å². The summed E-state index contributed by atoms with van der Waals surface area (Å²) in [6, 6.07) is 14.5. The highest BCUT2D eigenvalue weighted by atomic mass is 35.5. The van der Waals surface area contributed by atoms with Gasteiger partial charge in [-0.15, -0.1) is 0 Å². The highest BCUT2D eigenvalue weighted by Crippen LogP contribution is 2.18. The fraction of sp³-hybridized carbons (Fsp3) is 0.158. The van der Waals surface area contributed by atoms with Crippen molar-refractivity contribution in [3.8, 4) is 5.75 Å². The van der Waals surface area contributed by atoms with Crippen molar-refractivity contribution in [2.45, 2.75) is 20.0 Å². The molecule has 130 valence electrons. The molecule has 1 amide bonds. The van der Waals surface area contributed by atoms with Crippen molar-refractivity contribution < 1.29 is 9.53 Å². The molecule has 0 aliphatic heterocycles. The average molecular weight is 375 g/mol. The van der Waals surface area contributed by atoms with Gasteiger partial charge in [-0.3, -0.25) is 10.1 Å². The number of benzene rings is 2. The summed E-state index contributed by atoms with van der Waals surface area (Å²) in [5, 5.41) is 6.42. The molecule has 2 aromatic rings. The molecule has 0 unspecified atom stereocenters. The summed E-state index contributed by atoms with van der Waals surface area (Å²) in [5.74, 6) is 0.416. The Kier molecular flexibility index (Phi) is 6.98. The molecule has 0 aromatic heterocycles. The van der Waals surface area contributed by atoms with Crippen LogP contribution in [0.4, 0.5) is 5.69 Å². The highest BCUT2D eigenvalue weighted by Gasteiger charge is 2.04. The van der Waals surface area contributed by atoms with Gasteiger partial charge < -0.3 is 10.1 Å². The number of carbonyl (C=O) groups is 1. The summed E-state index contributed by atoms with van der Waals surface area (Å²) < 4.78 is 5.62. The van der Waals surface area contributed by atoms with E-state index in [-0.39, 0.29) is 17.1 Å². The van der Waals surface area contributed by atoms with Gasteiger partial charge in [0.2, 0.25) is 5.91 Å². The van der Waals surface area contributed by atoms with E-state index in [4.69, 9.17) is 28.6 Å². The third kappa shape index (κ3) is 6.95. The number of ether oxygens (including phenoxy) is 1. The maximum Gasteiger partial charge on any atom is 0.250 e. The lowest BCUT2D eigenvalue weighted by atomic mass is 10.2. The zero-order chi connectivity index (χ0) is 18.2. The minimum absolute atomic E-state index is 0.0832. The van der Waals surface area contributed by atoms with Gasteiger partial charge >= 0.3 is 0 Å². The Labute approximate surface area is 157 Å².